The van der Waals surface area contributed by atoms with Gasteiger partial charge in [0.25, 0.3) is 0 Å². The summed E-state index contributed by atoms with van der Waals surface area (Å²) < 4.78 is 2.42. The molecule has 0 saturated carbocycles. The van der Waals surface area contributed by atoms with E-state index in [1.807, 2.05) is 12.3 Å². The highest BCUT2D eigenvalue weighted by Gasteiger charge is 2.27. The van der Waals surface area contributed by atoms with Crippen molar-refractivity contribution in [2.75, 3.05) is 32.7 Å². The molecule has 2 aliphatic heterocycles. The maximum atomic E-state index is 4.93. The summed E-state index contributed by atoms with van der Waals surface area (Å²) in [6, 6.07) is 4.60. The molecule has 2 atom stereocenters. The predicted molar refractivity (Wildman–Crippen MR) is 88.0 cm³/mol. The first-order valence-corrected chi connectivity index (χ1v) is 8.60. The third kappa shape index (κ3) is 2.52. The number of rotatable bonds is 4. The summed E-state index contributed by atoms with van der Waals surface area (Å²) in [4.78, 5) is 12.1. The number of aromatic nitrogens is 3. The number of likely N-dealkylation sites (tertiary alicyclic amines) is 1. The van der Waals surface area contributed by atoms with Crippen LogP contribution in [0.4, 0.5) is 0 Å². The number of pyridine rings is 1. The molecule has 2 aromatic rings. The zero-order valence-electron chi connectivity index (χ0n) is 13.3. The second kappa shape index (κ2) is 5.97. The monoisotopic (exact) mass is 299 g/mol. The van der Waals surface area contributed by atoms with Crippen molar-refractivity contribution in [3.8, 4) is 0 Å². The van der Waals surface area contributed by atoms with Gasteiger partial charge in [0.1, 0.15) is 11.3 Å². The van der Waals surface area contributed by atoms with Gasteiger partial charge in [0.05, 0.1) is 6.04 Å². The van der Waals surface area contributed by atoms with Crippen LogP contribution in [0.25, 0.3) is 11.2 Å². The normalized spacial score (nSPS) is 26.2. The lowest BCUT2D eigenvalue weighted by molar-refractivity contribution is 0.339. The first-order valence-electron chi connectivity index (χ1n) is 8.60. The maximum absolute atomic E-state index is 4.93. The van der Waals surface area contributed by atoms with Crippen molar-refractivity contribution in [2.24, 2.45) is 5.92 Å². The zero-order valence-corrected chi connectivity index (χ0v) is 13.3. The van der Waals surface area contributed by atoms with E-state index in [0.717, 1.165) is 36.6 Å². The van der Waals surface area contributed by atoms with E-state index < -0.39 is 0 Å². The second-order valence-electron chi connectivity index (χ2n) is 6.64. The number of imidazole rings is 1. The van der Waals surface area contributed by atoms with Crippen LogP contribution in [0.1, 0.15) is 31.6 Å². The van der Waals surface area contributed by atoms with Crippen LogP contribution >= 0.6 is 0 Å². The first kappa shape index (κ1) is 14.2. The Hall–Kier alpha value is -1.46. The Morgan fingerprint density at radius 3 is 3.09 bits per heavy atom. The minimum atomic E-state index is 0.513. The Morgan fingerprint density at radius 2 is 2.32 bits per heavy atom. The summed E-state index contributed by atoms with van der Waals surface area (Å²) in [5.41, 5.74) is 2.12. The Labute approximate surface area is 131 Å². The number of nitrogens with one attached hydrogen (secondary N) is 1. The number of hydrogen-bond donors (Lipinski definition) is 1. The van der Waals surface area contributed by atoms with Gasteiger partial charge < -0.3 is 14.8 Å². The summed E-state index contributed by atoms with van der Waals surface area (Å²) in [5.74, 6) is 1.98. The van der Waals surface area contributed by atoms with E-state index in [0.29, 0.717) is 6.04 Å². The van der Waals surface area contributed by atoms with E-state index in [1.165, 1.54) is 38.3 Å². The van der Waals surface area contributed by atoms with Crippen LogP contribution in [-0.4, -0.2) is 52.2 Å². The lowest BCUT2D eigenvalue weighted by atomic mass is 10.0. The topological polar surface area (TPSA) is 46.0 Å². The Balaban J connectivity index is 1.65. The van der Waals surface area contributed by atoms with Crippen LogP contribution in [0, 0.1) is 5.92 Å². The van der Waals surface area contributed by atoms with Crippen molar-refractivity contribution in [3.05, 3.63) is 24.2 Å². The quantitative estimate of drug-likeness (QED) is 0.936. The molecule has 2 aromatic heterocycles. The van der Waals surface area contributed by atoms with Crippen molar-refractivity contribution < 1.29 is 0 Å². The molecule has 0 bridgehead atoms. The van der Waals surface area contributed by atoms with Gasteiger partial charge in [0.2, 0.25) is 0 Å². The summed E-state index contributed by atoms with van der Waals surface area (Å²) in [6.07, 6.45) is 5.46. The van der Waals surface area contributed by atoms with Crippen LogP contribution in [-0.2, 0) is 6.42 Å². The molecule has 22 heavy (non-hydrogen) atoms. The molecule has 1 N–H and O–H groups in total. The molecule has 4 heterocycles. The predicted octanol–water partition coefficient (Wildman–Crippen LogP) is 1.85. The molecule has 0 amide bonds. The van der Waals surface area contributed by atoms with Crippen LogP contribution in [0.2, 0.25) is 0 Å². The van der Waals surface area contributed by atoms with Gasteiger partial charge in [0.15, 0.2) is 5.65 Å². The molecular formula is C17H25N5. The number of fused-ring (bicyclic) bond motifs is 1. The van der Waals surface area contributed by atoms with Gasteiger partial charge in [-0.1, -0.05) is 6.92 Å². The molecule has 5 nitrogen and oxygen atoms in total. The zero-order chi connectivity index (χ0) is 14.9. The second-order valence-corrected chi connectivity index (χ2v) is 6.64. The molecule has 2 saturated heterocycles. The third-order valence-corrected chi connectivity index (χ3v) is 5.21. The minimum Gasteiger partial charge on any atom is -0.315 e. The molecule has 0 radical (unpaired) electrons. The van der Waals surface area contributed by atoms with Gasteiger partial charge in [-0.05, 0) is 50.5 Å². The van der Waals surface area contributed by atoms with Gasteiger partial charge in [0, 0.05) is 25.7 Å². The molecular weight excluding hydrogens is 274 g/mol. The maximum Gasteiger partial charge on any atom is 0.160 e. The molecule has 2 aliphatic rings. The fourth-order valence-electron chi connectivity index (χ4n) is 3.99. The van der Waals surface area contributed by atoms with Crippen molar-refractivity contribution in [2.45, 2.75) is 32.2 Å². The van der Waals surface area contributed by atoms with Crippen LogP contribution in [0.15, 0.2) is 18.3 Å². The standard InChI is InChI=1S/C17H25N5/c1-2-21-9-6-13(12-21)10-16-20-15-4-3-7-19-17(15)22(16)14-5-8-18-11-14/h3-4,7,13-14,18H,2,5-6,8-12H2,1H3. The van der Waals surface area contributed by atoms with Gasteiger partial charge >= 0.3 is 0 Å². The third-order valence-electron chi connectivity index (χ3n) is 5.21. The summed E-state index contributed by atoms with van der Waals surface area (Å²) >= 11 is 0. The lowest BCUT2D eigenvalue weighted by Gasteiger charge is -2.17. The SMILES string of the molecule is CCN1CCC(Cc2nc3cccnc3n2C2CCNC2)C1. The largest absolute Gasteiger partial charge is 0.315 e. The molecule has 118 valence electrons. The molecule has 4 rings (SSSR count). The van der Waals surface area contributed by atoms with Gasteiger partial charge in [-0.15, -0.1) is 0 Å². The summed E-state index contributed by atoms with van der Waals surface area (Å²) in [5, 5.41) is 3.48. The molecule has 0 spiro atoms. The Kier molecular flexibility index (Phi) is 3.84. The van der Waals surface area contributed by atoms with Crippen LogP contribution in [0.3, 0.4) is 0 Å². The number of hydrogen-bond acceptors (Lipinski definition) is 4. The van der Waals surface area contributed by atoms with E-state index in [2.05, 4.69) is 32.8 Å². The van der Waals surface area contributed by atoms with Crippen molar-refractivity contribution in [1.82, 2.24) is 24.8 Å². The first-order chi connectivity index (χ1) is 10.8. The highest BCUT2D eigenvalue weighted by Crippen LogP contribution is 2.27. The molecule has 2 fully saturated rings. The van der Waals surface area contributed by atoms with Gasteiger partial charge in [-0.3, -0.25) is 0 Å². The molecule has 0 aromatic carbocycles. The average Bonchev–Trinajstić information content (AvgIpc) is 3.25. The van der Waals surface area contributed by atoms with Crippen molar-refractivity contribution in [1.29, 1.82) is 0 Å². The molecule has 0 aliphatic carbocycles. The van der Waals surface area contributed by atoms with Crippen molar-refractivity contribution >= 4 is 11.2 Å². The van der Waals surface area contributed by atoms with E-state index in [9.17, 15) is 0 Å². The van der Waals surface area contributed by atoms with E-state index in [1.54, 1.807) is 0 Å². The minimum absolute atomic E-state index is 0.513. The average molecular weight is 299 g/mol. The van der Waals surface area contributed by atoms with E-state index in [-0.39, 0.29) is 0 Å². The highest BCUT2D eigenvalue weighted by molar-refractivity contribution is 5.71. The van der Waals surface area contributed by atoms with Crippen LogP contribution < -0.4 is 5.32 Å². The molecule has 5 heteroatoms. The van der Waals surface area contributed by atoms with Gasteiger partial charge in [-0.2, -0.15) is 0 Å². The van der Waals surface area contributed by atoms with Crippen molar-refractivity contribution in [3.63, 3.8) is 0 Å². The lowest BCUT2D eigenvalue weighted by Crippen LogP contribution is -2.22. The Bertz CT molecular complexity index is 644. The fraction of sp³-hybridized carbons (Fsp3) is 0.647. The highest BCUT2D eigenvalue weighted by atomic mass is 15.2. The van der Waals surface area contributed by atoms with E-state index in [4.69, 9.17) is 4.98 Å². The summed E-state index contributed by atoms with van der Waals surface area (Å²) in [7, 11) is 0. The molecule has 2 unspecified atom stereocenters. The smallest absolute Gasteiger partial charge is 0.160 e. The van der Waals surface area contributed by atoms with E-state index >= 15 is 0 Å². The Morgan fingerprint density at radius 1 is 1.36 bits per heavy atom. The van der Waals surface area contributed by atoms with Crippen LogP contribution in [0.5, 0.6) is 0 Å². The fourth-order valence-corrected chi connectivity index (χ4v) is 3.99. The number of nitrogens with zero attached hydrogens (tertiary/aromatic N) is 4. The van der Waals surface area contributed by atoms with Gasteiger partial charge in [-0.25, -0.2) is 9.97 Å². The summed E-state index contributed by atoms with van der Waals surface area (Å²) in [6.45, 7) is 8.03.